The molecule has 0 unspecified atom stereocenters. The molecule has 0 heterocycles. The number of hydrogen-bond donors (Lipinski definition) is 3. The van der Waals surface area contributed by atoms with Gasteiger partial charge in [0.1, 0.15) is 0 Å². The molecule has 2 amide bonds. The molecule has 0 bridgehead atoms. The lowest BCUT2D eigenvalue weighted by molar-refractivity contribution is 0.252. The number of anilines is 2. The number of hydrogen-bond acceptors (Lipinski definition) is 3. The smallest absolute Gasteiger partial charge is 0.319 e. The van der Waals surface area contributed by atoms with E-state index in [9.17, 15) is 4.79 Å². The molecule has 0 aromatic heterocycles. The summed E-state index contributed by atoms with van der Waals surface area (Å²) in [5.74, 6) is 0. The molecule has 0 aliphatic carbocycles. The second-order valence-electron chi connectivity index (χ2n) is 4.20. The average Bonchev–Trinajstić information content (AvgIpc) is 2.47. The quantitative estimate of drug-likeness (QED) is 0.745. The zero-order chi connectivity index (χ0) is 14.4. The summed E-state index contributed by atoms with van der Waals surface area (Å²) in [4.78, 5) is 11.7. The molecule has 4 N–H and O–H groups in total. The fourth-order valence-corrected chi connectivity index (χ4v) is 1.67. The molecule has 20 heavy (non-hydrogen) atoms. The molecule has 0 saturated carbocycles. The fourth-order valence-electron chi connectivity index (χ4n) is 1.67. The summed E-state index contributed by atoms with van der Waals surface area (Å²) in [6, 6.07) is 15.7. The number of nitrogens with two attached hydrogens (primary N) is 1. The van der Waals surface area contributed by atoms with Gasteiger partial charge in [-0.25, -0.2) is 4.79 Å². The average molecular weight is 266 g/mol. The number of para-hydroxylation sites is 1. The Hall–Kier alpha value is -3.00. The van der Waals surface area contributed by atoms with Gasteiger partial charge in [0.2, 0.25) is 0 Å². The van der Waals surface area contributed by atoms with Crippen LogP contribution in [0.4, 0.5) is 16.2 Å². The summed E-state index contributed by atoms with van der Waals surface area (Å²) in [6.45, 7) is 0.356. The fraction of sp³-hybridized carbons (Fsp3) is 0.0667. The summed E-state index contributed by atoms with van der Waals surface area (Å²) in [5.41, 5.74) is 8.47. The number of urea groups is 1. The minimum Gasteiger partial charge on any atom is -0.398 e. The Kier molecular flexibility index (Phi) is 4.20. The van der Waals surface area contributed by atoms with E-state index < -0.39 is 0 Å². The first kappa shape index (κ1) is 13.4. The second kappa shape index (κ2) is 6.25. The third-order valence-electron chi connectivity index (χ3n) is 2.77. The molecule has 0 atom stereocenters. The maximum Gasteiger partial charge on any atom is 0.319 e. The van der Waals surface area contributed by atoms with Crippen LogP contribution in [-0.4, -0.2) is 6.03 Å². The second-order valence-corrected chi connectivity index (χ2v) is 4.20. The molecule has 5 heteroatoms. The molecule has 100 valence electrons. The van der Waals surface area contributed by atoms with Crippen LogP contribution in [-0.2, 0) is 6.54 Å². The van der Waals surface area contributed by atoms with Gasteiger partial charge in [-0.05, 0) is 35.9 Å². The Morgan fingerprint density at radius 2 is 1.85 bits per heavy atom. The Bertz CT molecular complexity index is 644. The van der Waals surface area contributed by atoms with Gasteiger partial charge in [0, 0.05) is 17.9 Å². The molecule has 0 spiro atoms. The SMILES string of the molecule is N#Cc1ccc(NC(=O)NCc2ccccc2N)cc1. The number of nitrogens with zero attached hydrogens (tertiary/aromatic N) is 1. The van der Waals surface area contributed by atoms with E-state index in [-0.39, 0.29) is 6.03 Å². The van der Waals surface area contributed by atoms with Gasteiger partial charge >= 0.3 is 6.03 Å². The van der Waals surface area contributed by atoms with Crippen LogP contribution in [0.1, 0.15) is 11.1 Å². The maximum absolute atomic E-state index is 11.7. The molecule has 0 radical (unpaired) electrons. The largest absolute Gasteiger partial charge is 0.398 e. The number of nitriles is 1. The molecule has 2 aromatic carbocycles. The standard InChI is InChI=1S/C15H14N4O/c16-9-11-5-7-13(8-6-11)19-15(20)18-10-12-3-1-2-4-14(12)17/h1-8H,10,17H2,(H2,18,19,20). The highest BCUT2D eigenvalue weighted by Crippen LogP contribution is 2.11. The minimum atomic E-state index is -0.321. The van der Waals surface area contributed by atoms with Crippen LogP contribution in [0.15, 0.2) is 48.5 Å². The summed E-state index contributed by atoms with van der Waals surface area (Å²) in [7, 11) is 0. The van der Waals surface area contributed by atoms with E-state index in [2.05, 4.69) is 10.6 Å². The van der Waals surface area contributed by atoms with E-state index >= 15 is 0 Å². The molecule has 2 rings (SSSR count). The molecule has 5 nitrogen and oxygen atoms in total. The van der Waals surface area contributed by atoms with Crippen LogP contribution in [0.2, 0.25) is 0 Å². The zero-order valence-electron chi connectivity index (χ0n) is 10.8. The van der Waals surface area contributed by atoms with E-state index in [4.69, 9.17) is 11.0 Å². The molecule has 0 aliphatic rings. The predicted molar refractivity (Wildman–Crippen MR) is 77.9 cm³/mol. The van der Waals surface area contributed by atoms with Crippen molar-refractivity contribution in [2.75, 3.05) is 11.1 Å². The first-order valence-corrected chi connectivity index (χ1v) is 6.07. The first-order valence-electron chi connectivity index (χ1n) is 6.07. The van der Waals surface area contributed by atoms with Gasteiger partial charge in [-0.1, -0.05) is 18.2 Å². The highest BCUT2D eigenvalue weighted by Gasteiger charge is 2.03. The molecular formula is C15H14N4O. The van der Waals surface area contributed by atoms with Crippen LogP contribution >= 0.6 is 0 Å². The topological polar surface area (TPSA) is 90.9 Å². The predicted octanol–water partition coefficient (Wildman–Crippen LogP) is 2.46. The van der Waals surface area contributed by atoms with Crippen LogP contribution in [0.3, 0.4) is 0 Å². The molecule has 2 aromatic rings. The molecule has 0 fully saturated rings. The van der Waals surface area contributed by atoms with E-state index in [0.29, 0.717) is 23.5 Å². The first-order chi connectivity index (χ1) is 9.69. The lowest BCUT2D eigenvalue weighted by Crippen LogP contribution is -2.28. The lowest BCUT2D eigenvalue weighted by atomic mass is 10.2. The van der Waals surface area contributed by atoms with Crippen LogP contribution < -0.4 is 16.4 Å². The van der Waals surface area contributed by atoms with Crippen molar-refractivity contribution in [3.8, 4) is 6.07 Å². The van der Waals surface area contributed by atoms with Crippen LogP contribution in [0.25, 0.3) is 0 Å². The number of nitrogen functional groups attached to an aromatic ring is 1. The van der Waals surface area contributed by atoms with Gasteiger partial charge in [-0.2, -0.15) is 5.26 Å². The summed E-state index contributed by atoms with van der Waals surface area (Å²) in [5, 5.41) is 14.1. The van der Waals surface area contributed by atoms with Crippen molar-refractivity contribution in [3.05, 3.63) is 59.7 Å². The monoisotopic (exact) mass is 266 g/mol. The van der Waals surface area contributed by atoms with Crippen LogP contribution in [0.5, 0.6) is 0 Å². The summed E-state index contributed by atoms with van der Waals surface area (Å²) < 4.78 is 0. The number of rotatable bonds is 3. The highest BCUT2D eigenvalue weighted by molar-refractivity contribution is 5.89. The van der Waals surface area contributed by atoms with E-state index in [0.717, 1.165) is 5.56 Å². The Morgan fingerprint density at radius 3 is 2.50 bits per heavy atom. The van der Waals surface area contributed by atoms with Gasteiger partial charge in [-0.3, -0.25) is 0 Å². The van der Waals surface area contributed by atoms with Gasteiger partial charge < -0.3 is 16.4 Å². The van der Waals surface area contributed by atoms with Crippen LogP contribution in [0, 0.1) is 11.3 Å². The number of nitrogens with one attached hydrogen (secondary N) is 2. The van der Waals surface area contributed by atoms with Crippen molar-refractivity contribution < 1.29 is 4.79 Å². The maximum atomic E-state index is 11.7. The normalized spacial score (nSPS) is 9.55. The van der Waals surface area contributed by atoms with Crippen molar-refractivity contribution >= 4 is 17.4 Å². The number of amides is 2. The van der Waals surface area contributed by atoms with E-state index in [1.807, 2.05) is 24.3 Å². The number of benzene rings is 2. The summed E-state index contributed by atoms with van der Waals surface area (Å²) in [6.07, 6.45) is 0. The number of carbonyl (C=O) groups excluding carboxylic acids is 1. The molecule has 0 saturated heterocycles. The van der Waals surface area contributed by atoms with Gasteiger partial charge in [0.15, 0.2) is 0 Å². The van der Waals surface area contributed by atoms with Gasteiger partial charge in [0.05, 0.1) is 11.6 Å². The minimum absolute atomic E-state index is 0.321. The molecular weight excluding hydrogens is 252 g/mol. The highest BCUT2D eigenvalue weighted by atomic mass is 16.2. The number of carbonyl (C=O) groups is 1. The van der Waals surface area contributed by atoms with E-state index in [1.165, 1.54) is 0 Å². The zero-order valence-corrected chi connectivity index (χ0v) is 10.8. The van der Waals surface area contributed by atoms with Gasteiger partial charge in [0.25, 0.3) is 0 Å². The Balaban J connectivity index is 1.89. The van der Waals surface area contributed by atoms with Crippen molar-refractivity contribution in [2.24, 2.45) is 0 Å². The third-order valence-corrected chi connectivity index (χ3v) is 2.77. The van der Waals surface area contributed by atoms with E-state index in [1.54, 1.807) is 30.3 Å². The Labute approximate surface area is 117 Å². The Morgan fingerprint density at radius 1 is 1.15 bits per heavy atom. The molecule has 0 aliphatic heterocycles. The van der Waals surface area contributed by atoms with Gasteiger partial charge in [-0.15, -0.1) is 0 Å². The lowest BCUT2D eigenvalue weighted by Gasteiger charge is -2.09. The van der Waals surface area contributed by atoms with Crippen molar-refractivity contribution in [2.45, 2.75) is 6.54 Å². The van der Waals surface area contributed by atoms with Crippen molar-refractivity contribution in [1.82, 2.24) is 5.32 Å². The van der Waals surface area contributed by atoms with Crippen molar-refractivity contribution in [1.29, 1.82) is 5.26 Å². The van der Waals surface area contributed by atoms with Crippen molar-refractivity contribution in [3.63, 3.8) is 0 Å². The summed E-state index contributed by atoms with van der Waals surface area (Å²) >= 11 is 0. The third kappa shape index (κ3) is 3.50.